The van der Waals surface area contributed by atoms with Gasteiger partial charge in [0.05, 0.1) is 0 Å². The second-order valence-electron chi connectivity index (χ2n) is 9.62. The zero-order valence-corrected chi connectivity index (χ0v) is 18.9. The summed E-state index contributed by atoms with van der Waals surface area (Å²) in [4.78, 5) is 40.2. The van der Waals surface area contributed by atoms with E-state index in [4.69, 9.17) is 9.47 Å². The summed E-state index contributed by atoms with van der Waals surface area (Å²) in [6.07, 6.45) is 6.99. The molecule has 34 heavy (non-hydrogen) atoms. The summed E-state index contributed by atoms with van der Waals surface area (Å²) in [6, 6.07) is 12.5. The van der Waals surface area contributed by atoms with Gasteiger partial charge in [-0.1, -0.05) is 24.3 Å². The van der Waals surface area contributed by atoms with Crippen molar-refractivity contribution in [1.82, 2.24) is 10.2 Å². The number of hydrogen-bond donors (Lipinski definition) is 2. The number of ether oxygens (including phenoxy) is 2. The molecule has 6 rings (SSSR count). The van der Waals surface area contributed by atoms with Crippen LogP contribution in [0.25, 0.3) is 0 Å². The topological polar surface area (TPSA) is 97.0 Å². The van der Waals surface area contributed by atoms with Gasteiger partial charge in [0.25, 0.3) is 11.7 Å². The lowest BCUT2D eigenvalue weighted by Gasteiger charge is -2.27. The Morgan fingerprint density at radius 2 is 1.74 bits per heavy atom. The van der Waals surface area contributed by atoms with Crippen LogP contribution in [0.4, 0.5) is 10.5 Å². The molecule has 176 valence electrons. The summed E-state index contributed by atoms with van der Waals surface area (Å²) in [5.41, 5.74) is 1.34. The zero-order chi connectivity index (χ0) is 23.3. The number of carbonyl (C=O) groups is 3. The lowest BCUT2D eigenvalue weighted by Crippen LogP contribution is -2.44. The van der Waals surface area contributed by atoms with E-state index in [2.05, 4.69) is 10.6 Å². The van der Waals surface area contributed by atoms with Crippen molar-refractivity contribution in [3.63, 3.8) is 0 Å². The molecular formula is C26H27N3O5. The quantitative estimate of drug-likeness (QED) is 0.677. The maximum absolute atomic E-state index is 13.5. The van der Waals surface area contributed by atoms with E-state index in [9.17, 15) is 14.4 Å². The summed E-state index contributed by atoms with van der Waals surface area (Å²) in [6.45, 7) is -0.354. The largest absolute Gasteiger partial charge is 0.448 e. The van der Waals surface area contributed by atoms with Crippen molar-refractivity contribution in [3.05, 3.63) is 53.6 Å². The Hall–Kier alpha value is -3.55. The number of rotatable bonds is 3. The van der Waals surface area contributed by atoms with Crippen molar-refractivity contribution in [2.45, 2.75) is 62.7 Å². The highest BCUT2D eigenvalue weighted by Gasteiger charge is 2.53. The van der Waals surface area contributed by atoms with Crippen LogP contribution >= 0.6 is 0 Å². The van der Waals surface area contributed by atoms with Gasteiger partial charge in [-0.05, 0) is 61.8 Å². The van der Waals surface area contributed by atoms with E-state index in [0.29, 0.717) is 23.6 Å². The lowest BCUT2D eigenvalue weighted by atomic mass is 9.84. The molecular weight excluding hydrogens is 434 g/mol. The predicted molar refractivity (Wildman–Crippen MR) is 123 cm³/mol. The van der Waals surface area contributed by atoms with Gasteiger partial charge in [0.15, 0.2) is 11.5 Å². The maximum atomic E-state index is 13.5. The average molecular weight is 462 g/mol. The molecule has 0 aromatic heterocycles. The number of fused-ring (bicyclic) bond motifs is 3. The molecule has 8 nitrogen and oxygen atoms in total. The molecule has 8 heteroatoms. The molecule has 1 atom stereocenters. The number of anilines is 1. The van der Waals surface area contributed by atoms with Gasteiger partial charge in [0.1, 0.15) is 12.1 Å². The van der Waals surface area contributed by atoms with E-state index in [1.54, 1.807) is 18.2 Å². The molecule has 0 bridgehead atoms. The van der Waals surface area contributed by atoms with Gasteiger partial charge < -0.3 is 20.1 Å². The Balaban J connectivity index is 1.18. The highest BCUT2D eigenvalue weighted by Crippen LogP contribution is 2.47. The first kappa shape index (κ1) is 21.0. The monoisotopic (exact) mass is 461 g/mol. The smallest absolute Gasteiger partial charge is 0.325 e. The Labute approximate surface area is 197 Å². The molecule has 2 spiro atoms. The minimum atomic E-state index is -1.10. The van der Waals surface area contributed by atoms with Crippen molar-refractivity contribution >= 4 is 23.5 Å². The summed E-state index contributed by atoms with van der Waals surface area (Å²) in [5, 5.41) is 5.71. The molecule has 1 unspecified atom stereocenters. The van der Waals surface area contributed by atoms with Gasteiger partial charge in [0.2, 0.25) is 5.91 Å². The third kappa shape index (κ3) is 3.31. The molecule has 2 N–H and O–H groups in total. The Bertz CT molecular complexity index is 1190. The summed E-state index contributed by atoms with van der Waals surface area (Å²) < 4.78 is 12.1. The Morgan fingerprint density at radius 3 is 2.59 bits per heavy atom. The SMILES string of the molecule is O=C(CN1C(=O)NC2(CCCCc3ccccc32)C1=O)Nc1ccc2c(c1)OC1(CCCC1)O2. The fourth-order valence-electron chi connectivity index (χ4n) is 5.75. The molecule has 2 fully saturated rings. The molecule has 2 aliphatic heterocycles. The van der Waals surface area contributed by atoms with Gasteiger partial charge in [-0.15, -0.1) is 0 Å². The van der Waals surface area contributed by atoms with Crippen LogP contribution in [-0.2, 0) is 21.5 Å². The normalized spacial score (nSPS) is 24.3. The van der Waals surface area contributed by atoms with Crippen LogP contribution in [0.15, 0.2) is 42.5 Å². The van der Waals surface area contributed by atoms with E-state index in [1.165, 1.54) is 0 Å². The van der Waals surface area contributed by atoms with Crippen LogP contribution in [0, 0.1) is 0 Å². The molecule has 4 amide bonds. The second kappa shape index (κ2) is 7.75. The Morgan fingerprint density at radius 1 is 0.971 bits per heavy atom. The van der Waals surface area contributed by atoms with E-state index in [1.807, 2.05) is 24.3 Å². The van der Waals surface area contributed by atoms with Crippen molar-refractivity contribution < 1.29 is 23.9 Å². The minimum Gasteiger partial charge on any atom is -0.448 e. The average Bonchev–Trinajstić information content (AvgIpc) is 3.45. The number of aryl methyl sites for hydroxylation is 1. The lowest BCUT2D eigenvalue weighted by molar-refractivity contribution is -0.134. The van der Waals surface area contributed by atoms with E-state index in [-0.39, 0.29) is 12.5 Å². The van der Waals surface area contributed by atoms with Gasteiger partial charge in [-0.25, -0.2) is 4.79 Å². The van der Waals surface area contributed by atoms with Crippen molar-refractivity contribution in [1.29, 1.82) is 0 Å². The van der Waals surface area contributed by atoms with Crippen molar-refractivity contribution in [2.75, 3.05) is 11.9 Å². The molecule has 1 saturated heterocycles. The molecule has 1 saturated carbocycles. The van der Waals surface area contributed by atoms with E-state index < -0.39 is 23.3 Å². The molecule has 2 aliphatic carbocycles. The first-order valence-electron chi connectivity index (χ1n) is 12.0. The van der Waals surface area contributed by atoms with Crippen LogP contribution in [-0.4, -0.2) is 35.1 Å². The van der Waals surface area contributed by atoms with Crippen LogP contribution in [0.2, 0.25) is 0 Å². The number of amides is 4. The second-order valence-corrected chi connectivity index (χ2v) is 9.62. The molecule has 4 aliphatic rings. The van der Waals surface area contributed by atoms with Crippen molar-refractivity contribution in [3.8, 4) is 11.5 Å². The van der Waals surface area contributed by atoms with Crippen LogP contribution < -0.4 is 20.1 Å². The zero-order valence-electron chi connectivity index (χ0n) is 18.9. The number of imide groups is 1. The van der Waals surface area contributed by atoms with Gasteiger partial charge in [-0.3, -0.25) is 14.5 Å². The Kier molecular flexibility index (Phi) is 4.79. The number of urea groups is 1. The number of benzene rings is 2. The molecule has 2 heterocycles. The fourth-order valence-corrected chi connectivity index (χ4v) is 5.75. The van der Waals surface area contributed by atoms with E-state index in [0.717, 1.165) is 61.0 Å². The maximum Gasteiger partial charge on any atom is 0.325 e. The van der Waals surface area contributed by atoms with Gasteiger partial charge in [-0.2, -0.15) is 0 Å². The van der Waals surface area contributed by atoms with Gasteiger partial charge in [0, 0.05) is 24.6 Å². The third-order valence-electron chi connectivity index (χ3n) is 7.39. The van der Waals surface area contributed by atoms with Crippen LogP contribution in [0.1, 0.15) is 56.1 Å². The standard InChI is InChI=1S/C26H27N3O5/c30-22(27-18-10-11-20-21(15-18)34-25(33-20)12-5-6-13-25)16-29-23(31)26(28-24(29)32)14-4-3-8-17-7-1-2-9-19(17)26/h1-2,7,9-11,15H,3-6,8,12-14,16H2,(H,27,30)(H,28,32). The molecule has 0 radical (unpaired) electrons. The van der Waals surface area contributed by atoms with Gasteiger partial charge >= 0.3 is 6.03 Å². The number of nitrogens with one attached hydrogen (secondary N) is 2. The highest BCUT2D eigenvalue weighted by atomic mass is 16.7. The van der Waals surface area contributed by atoms with Crippen molar-refractivity contribution in [2.24, 2.45) is 0 Å². The highest BCUT2D eigenvalue weighted by molar-refractivity contribution is 6.10. The van der Waals surface area contributed by atoms with Crippen LogP contribution in [0.5, 0.6) is 11.5 Å². The predicted octanol–water partition coefficient (Wildman–Crippen LogP) is 3.84. The number of carbonyl (C=O) groups excluding carboxylic acids is 3. The number of hydrogen-bond acceptors (Lipinski definition) is 5. The minimum absolute atomic E-state index is 0.354. The molecule has 2 aromatic carbocycles. The first-order chi connectivity index (χ1) is 16.5. The summed E-state index contributed by atoms with van der Waals surface area (Å²) in [7, 11) is 0. The summed E-state index contributed by atoms with van der Waals surface area (Å²) >= 11 is 0. The molecule has 2 aromatic rings. The number of nitrogens with zero attached hydrogens (tertiary/aromatic N) is 1. The summed E-state index contributed by atoms with van der Waals surface area (Å²) in [5.74, 6) is -0.117. The van der Waals surface area contributed by atoms with E-state index >= 15 is 0 Å². The fraction of sp³-hybridized carbons (Fsp3) is 0.423. The van der Waals surface area contributed by atoms with Crippen LogP contribution in [0.3, 0.4) is 0 Å². The first-order valence-corrected chi connectivity index (χ1v) is 12.0. The third-order valence-corrected chi connectivity index (χ3v) is 7.39.